The van der Waals surface area contributed by atoms with Gasteiger partial charge in [-0.1, -0.05) is 0 Å². The summed E-state index contributed by atoms with van der Waals surface area (Å²) in [6.07, 6.45) is -20.6. The lowest BCUT2D eigenvalue weighted by Gasteiger charge is -2.40. The molecule has 3 rings (SSSR count). The van der Waals surface area contributed by atoms with Crippen molar-refractivity contribution in [3.8, 4) is 0 Å². The number of aliphatic hydroxyl groups is 9. The largest absolute Gasteiger partial charge is 0.480 e. The van der Waals surface area contributed by atoms with Gasteiger partial charge in [0.2, 0.25) is 0 Å². The average molecular weight is 546 g/mol. The number of carboxylic acid groups (broad SMARTS) is 1. The van der Waals surface area contributed by atoms with Gasteiger partial charge >= 0.3 is 5.97 Å². The zero-order valence-electron chi connectivity index (χ0n) is 19.4. The molecule has 37 heavy (non-hydrogen) atoms. The fraction of sp³-hybridized carbons (Fsp3) is 0.950. The molecule has 3 aliphatic rings. The molecule has 0 aliphatic carbocycles. The Kier molecular flexibility index (Phi) is 10.9. The van der Waals surface area contributed by atoms with Crippen molar-refractivity contribution >= 4 is 5.97 Å². The lowest BCUT2D eigenvalue weighted by Crippen LogP contribution is -2.60. The van der Waals surface area contributed by atoms with Gasteiger partial charge in [0.05, 0.1) is 26.4 Å². The zero-order valence-corrected chi connectivity index (χ0v) is 19.4. The Labute approximate surface area is 209 Å². The van der Waals surface area contributed by atoms with E-state index in [0.717, 1.165) is 0 Å². The highest BCUT2D eigenvalue weighted by Gasteiger charge is 2.59. The number of carboxylic acids is 1. The van der Waals surface area contributed by atoms with Crippen molar-refractivity contribution in [1.82, 2.24) is 0 Å². The van der Waals surface area contributed by atoms with Crippen molar-refractivity contribution in [3.05, 3.63) is 0 Å². The lowest BCUT2D eigenvalue weighted by molar-refractivity contribution is -0.315. The predicted molar refractivity (Wildman–Crippen MR) is 111 cm³/mol. The van der Waals surface area contributed by atoms with Crippen LogP contribution < -0.4 is 0 Å². The molecule has 3 saturated heterocycles. The molecule has 10 N–H and O–H groups in total. The Morgan fingerprint density at radius 2 is 1.57 bits per heavy atom. The van der Waals surface area contributed by atoms with Crippen LogP contribution in [0, 0.1) is 0 Å². The molecule has 3 fully saturated rings. The molecule has 0 radical (unpaired) electrons. The van der Waals surface area contributed by atoms with Gasteiger partial charge in [-0.15, -0.1) is 0 Å². The number of hydrogen-bond donors (Lipinski definition) is 10. The van der Waals surface area contributed by atoms with Gasteiger partial charge in [-0.25, -0.2) is 4.79 Å². The van der Waals surface area contributed by atoms with E-state index >= 15 is 0 Å². The highest BCUT2D eigenvalue weighted by atomic mass is 16.7. The smallest absolute Gasteiger partial charge is 0.329 e. The van der Waals surface area contributed by atoms with Gasteiger partial charge in [-0.2, -0.15) is 0 Å². The molecule has 0 aromatic rings. The van der Waals surface area contributed by atoms with E-state index in [2.05, 4.69) is 0 Å². The van der Waals surface area contributed by atoms with Gasteiger partial charge in [0.15, 0.2) is 12.6 Å². The minimum absolute atomic E-state index is 0.445. The van der Waals surface area contributed by atoms with Crippen LogP contribution in [-0.4, -0.2) is 176 Å². The fourth-order valence-electron chi connectivity index (χ4n) is 4.12. The standard InChI is InChI=1S/C20H34O17/c21-1-6(2-22)34-20(36-8-4-32-19(14(30)11(8)27)33-5-9(24)25)15(31)17-18(37-17)16-13(29)12(28)10(26)7(3-23)35-16/h6-8,10-23,26-31H,1-5H2,(H,24,25). The van der Waals surface area contributed by atoms with Crippen LogP contribution in [0.5, 0.6) is 0 Å². The first-order chi connectivity index (χ1) is 17.5. The molecule has 0 bridgehead atoms. The highest BCUT2D eigenvalue weighted by molar-refractivity contribution is 5.68. The zero-order chi connectivity index (χ0) is 27.4. The molecule has 0 spiro atoms. The Balaban J connectivity index is 1.67. The average Bonchev–Trinajstić information content (AvgIpc) is 3.67. The number of aliphatic hydroxyl groups excluding tert-OH is 9. The molecule has 216 valence electrons. The topological polar surface area (TPSA) is 278 Å². The Bertz CT molecular complexity index is 721. The monoisotopic (exact) mass is 546 g/mol. The number of hydrogen-bond acceptors (Lipinski definition) is 16. The molecule has 3 aliphatic heterocycles. The second kappa shape index (κ2) is 13.3. The van der Waals surface area contributed by atoms with E-state index in [-0.39, 0.29) is 0 Å². The predicted octanol–water partition coefficient (Wildman–Crippen LogP) is -6.78. The molecule has 3 heterocycles. The molecule has 17 heteroatoms. The maximum Gasteiger partial charge on any atom is 0.329 e. The van der Waals surface area contributed by atoms with Crippen LogP contribution in [0.4, 0.5) is 0 Å². The van der Waals surface area contributed by atoms with E-state index in [4.69, 9.17) is 33.5 Å². The first-order valence-corrected chi connectivity index (χ1v) is 11.5. The Morgan fingerprint density at radius 3 is 2.16 bits per heavy atom. The van der Waals surface area contributed by atoms with Gasteiger partial charge in [0.1, 0.15) is 79.9 Å². The van der Waals surface area contributed by atoms with Crippen molar-refractivity contribution in [1.29, 1.82) is 0 Å². The third-order valence-electron chi connectivity index (χ3n) is 6.28. The molecular weight excluding hydrogens is 512 g/mol. The van der Waals surface area contributed by atoms with Gasteiger partial charge < -0.3 is 79.5 Å². The number of ether oxygens (including phenoxy) is 6. The van der Waals surface area contributed by atoms with E-state index in [1.54, 1.807) is 0 Å². The molecule has 13 atom stereocenters. The summed E-state index contributed by atoms with van der Waals surface area (Å²) in [6.45, 7) is -3.31. The minimum atomic E-state index is -1.75. The summed E-state index contributed by atoms with van der Waals surface area (Å²) in [4.78, 5) is 10.7. The summed E-state index contributed by atoms with van der Waals surface area (Å²) in [6, 6.07) is 0. The SMILES string of the molecule is O=C(O)COC1OCC(OC(OC(CO)CO)C(O)C2OC2C2OC(CO)C(O)C(O)C2O)C(O)C1O. The minimum Gasteiger partial charge on any atom is -0.480 e. The Hall–Kier alpha value is -1.13. The fourth-order valence-corrected chi connectivity index (χ4v) is 4.12. The first-order valence-electron chi connectivity index (χ1n) is 11.5. The van der Waals surface area contributed by atoms with Crippen LogP contribution in [0.1, 0.15) is 0 Å². The van der Waals surface area contributed by atoms with Crippen molar-refractivity contribution in [2.45, 2.75) is 85.8 Å². The van der Waals surface area contributed by atoms with Gasteiger partial charge in [-0.05, 0) is 0 Å². The van der Waals surface area contributed by atoms with Crippen LogP contribution in [-0.2, 0) is 33.2 Å². The van der Waals surface area contributed by atoms with Crippen LogP contribution in [0.2, 0.25) is 0 Å². The molecule has 0 aromatic carbocycles. The number of epoxide rings is 1. The summed E-state index contributed by atoms with van der Waals surface area (Å²) < 4.78 is 31.8. The van der Waals surface area contributed by atoms with Crippen LogP contribution in [0.3, 0.4) is 0 Å². The third-order valence-corrected chi connectivity index (χ3v) is 6.28. The second-order valence-electron chi connectivity index (χ2n) is 8.90. The summed E-state index contributed by atoms with van der Waals surface area (Å²) in [5, 5.41) is 98.6. The van der Waals surface area contributed by atoms with Gasteiger partial charge in [0.25, 0.3) is 0 Å². The van der Waals surface area contributed by atoms with Crippen LogP contribution in [0.15, 0.2) is 0 Å². The van der Waals surface area contributed by atoms with E-state index in [9.17, 15) is 50.8 Å². The molecule has 0 saturated carbocycles. The highest BCUT2D eigenvalue weighted by Crippen LogP contribution is 2.38. The molecule has 0 aromatic heterocycles. The first kappa shape index (κ1) is 30.4. The Morgan fingerprint density at radius 1 is 0.892 bits per heavy atom. The molecule has 17 nitrogen and oxygen atoms in total. The molecule has 13 unspecified atom stereocenters. The van der Waals surface area contributed by atoms with Crippen LogP contribution >= 0.6 is 0 Å². The van der Waals surface area contributed by atoms with Gasteiger partial charge in [-0.3, -0.25) is 0 Å². The number of carbonyl (C=O) groups is 1. The lowest BCUT2D eigenvalue weighted by atomic mass is 9.92. The summed E-state index contributed by atoms with van der Waals surface area (Å²) in [5.41, 5.74) is 0. The summed E-state index contributed by atoms with van der Waals surface area (Å²) in [5.74, 6) is -1.34. The van der Waals surface area contributed by atoms with Crippen molar-refractivity contribution < 1.29 is 84.3 Å². The molecular formula is C20H34O17. The quantitative estimate of drug-likeness (QED) is 0.0758. The number of aliphatic carboxylic acids is 1. The third kappa shape index (κ3) is 7.10. The van der Waals surface area contributed by atoms with E-state index in [1.165, 1.54) is 0 Å². The van der Waals surface area contributed by atoms with Gasteiger partial charge in [0, 0.05) is 0 Å². The van der Waals surface area contributed by atoms with E-state index in [1.807, 2.05) is 0 Å². The van der Waals surface area contributed by atoms with Crippen molar-refractivity contribution in [2.75, 3.05) is 33.0 Å². The van der Waals surface area contributed by atoms with Crippen molar-refractivity contribution in [3.63, 3.8) is 0 Å². The maximum absolute atomic E-state index is 10.9. The summed E-state index contributed by atoms with van der Waals surface area (Å²) in [7, 11) is 0. The van der Waals surface area contributed by atoms with E-state index < -0.39 is 125 Å². The number of rotatable bonds is 13. The summed E-state index contributed by atoms with van der Waals surface area (Å²) >= 11 is 0. The van der Waals surface area contributed by atoms with E-state index in [0.29, 0.717) is 0 Å². The maximum atomic E-state index is 10.9. The van der Waals surface area contributed by atoms with Crippen molar-refractivity contribution in [2.24, 2.45) is 0 Å². The van der Waals surface area contributed by atoms with Crippen LogP contribution in [0.25, 0.3) is 0 Å². The normalized spacial score (nSPS) is 41.9. The molecule has 0 amide bonds. The second-order valence-corrected chi connectivity index (χ2v) is 8.90.